The van der Waals surface area contributed by atoms with E-state index >= 15 is 0 Å². The van der Waals surface area contributed by atoms with Gasteiger partial charge in [0.2, 0.25) is 0 Å². The van der Waals surface area contributed by atoms with Crippen LogP contribution >= 0.6 is 12.6 Å². The van der Waals surface area contributed by atoms with Gasteiger partial charge in [0.1, 0.15) is 6.10 Å². The molecule has 78 valence electrons. The molecule has 0 bridgehead atoms. The molecule has 3 heteroatoms. The summed E-state index contributed by atoms with van der Waals surface area (Å²) in [6.45, 7) is 3.97. The first-order valence-corrected chi connectivity index (χ1v) is 5.68. The van der Waals surface area contributed by atoms with Crippen LogP contribution in [0.4, 0.5) is 0 Å². The van der Waals surface area contributed by atoms with Gasteiger partial charge in [-0.25, -0.2) is 0 Å². The number of unbranched alkanes of at least 4 members (excludes halogenated alkanes) is 2. The number of hydrogen-bond acceptors (Lipinski definition) is 3. The number of esters is 1. The Bertz CT molecular complexity index is 137. The van der Waals surface area contributed by atoms with Gasteiger partial charge in [0.25, 0.3) is 0 Å². The van der Waals surface area contributed by atoms with E-state index in [0.29, 0.717) is 12.2 Å². The van der Waals surface area contributed by atoms with E-state index in [1.807, 2.05) is 6.92 Å². The number of hydrogen-bond donors (Lipinski definition) is 1. The predicted molar refractivity (Wildman–Crippen MR) is 58.2 cm³/mol. The van der Waals surface area contributed by atoms with Crippen molar-refractivity contribution < 1.29 is 9.53 Å². The predicted octanol–water partition coefficient (Wildman–Crippen LogP) is 2.82. The van der Waals surface area contributed by atoms with E-state index < -0.39 is 0 Å². The van der Waals surface area contributed by atoms with Crippen LogP contribution in [-0.4, -0.2) is 17.8 Å². The van der Waals surface area contributed by atoms with Crippen molar-refractivity contribution in [1.82, 2.24) is 0 Å². The van der Waals surface area contributed by atoms with Crippen molar-refractivity contribution in [3.8, 4) is 0 Å². The lowest BCUT2D eigenvalue weighted by Gasteiger charge is -2.14. The fourth-order valence-corrected chi connectivity index (χ4v) is 1.34. The van der Waals surface area contributed by atoms with Crippen molar-refractivity contribution in [3.05, 3.63) is 0 Å². The summed E-state index contributed by atoms with van der Waals surface area (Å²) < 4.78 is 5.18. The minimum absolute atomic E-state index is 0.0160. The van der Waals surface area contributed by atoms with E-state index in [4.69, 9.17) is 4.74 Å². The summed E-state index contributed by atoms with van der Waals surface area (Å²) in [4.78, 5) is 11.0. The lowest BCUT2D eigenvalue weighted by molar-refractivity contribution is -0.147. The van der Waals surface area contributed by atoms with Crippen LogP contribution in [-0.2, 0) is 9.53 Å². The highest BCUT2D eigenvalue weighted by molar-refractivity contribution is 7.80. The van der Waals surface area contributed by atoms with Crippen LogP contribution in [0.2, 0.25) is 0 Å². The topological polar surface area (TPSA) is 26.3 Å². The van der Waals surface area contributed by atoms with Crippen LogP contribution < -0.4 is 0 Å². The third-order valence-electron chi connectivity index (χ3n) is 1.92. The van der Waals surface area contributed by atoms with E-state index in [1.165, 1.54) is 12.8 Å². The van der Waals surface area contributed by atoms with Crippen LogP contribution in [0, 0.1) is 0 Å². The third kappa shape index (κ3) is 6.94. The van der Waals surface area contributed by atoms with E-state index in [-0.39, 0.29) is 12.1 Å². The number of rotatable bonds is 7. The molecular formula is C10H20O2S. The molecule has 0 spiro atoms. The fourth-order valence-electron chi connectivity index (χ4n) is 1.08. The lowest BCUT2D eigenvalue weighted by Crippen LogP contribution is -2.19. The number of ether oxygens (including phenoxy) is 1. The Hall–Kier alpha value is -0.180. The minimum atomic E-state index is -0.115. The largest absolute Gasteiger partial charge is 0.462 e. The van der Waals surface area contributed by atoms with E-state index in [2.05, 4.69) is 19.6 Å². The van der Waals surface area contributed by atoms with Gasteiger partial charge < -0.3 is 4.74 Å². The first-order valence-electron chi connectivity index (χ1n) is 5.04. The molecule has 2 nitrogen and oxygen atoms in total. The van der Waals surface area contributed by atoms with E-state index in [9.17, 15) is 4.79 Å². The molecule has 1 unspecified atom stereocenters. The second kappa shape index (κ2) is 8.42. The molecule has 0 saturated carbocycles. The molecule has 0 heterocycles. The summed E-state index contributed by atoms with van der Waals surface area (Å²) >= 11 is 4.15. The number of carbonyl (C=O) groups is 1. The number of carbonyl (C=O) groups excluding carboxylic acids is 1. The summed E-state index contributed by atoms with van der Waals surface area (Å²) in [6.07, 6.45) is 4.94. The Morgan fingerprint density at radius 1 is 1.38 bits per heavy atom. The quantitative estimate of drug-likeness (QED) is 0.392. The van der Waals surface area contributed by atoms with Crippen LogP contribution in [0.3, 0.4) is 0 Å². The van der Waals surface area contributed by atoms with Crippen LogP contribution in [0.15, 0.2) is 0 Å². The van der Waals surface area contributed by atoms with Crippen molar-refractivity contribution in [2.24, 2.45) is 0 Å². The second-order valence-electron chi connectivity index (χ2n) is 3.14. The van der Waals surface area contributed by atoms with Gasteiger partial charge in [-0.1, -0.05) is 26.7 Å². The maximum Gasteiger partial charge on any atom is 0.305 e. The third-order valence-corrected chi connectivity index (χ3v) is 2.33. The minimum Gasteiger partial charge on any atom is -0.462 e. The molecule has 0 rings (SSSR count). The highest BCUT2D eigenvalue weighted by atomic mass is 32.1. The first kappa shape index (κ1) is 12.8. The fraction of sp³-hybridized carbons (Fsp3) is 0.900. The molecule has 0 aliphatic rings. The Morgan fingerprint density at radius 2 is 2.08 bits per heavy atom. The summed E-state index contributed by atoms with van der Waals surface area (Å²) in [5, 5.41) is 0. The highest BCUT2D eigenvalue weighted by Gasteiger charge is 2.10. The maximum atomic E-state index is 11.0. The first-order chi connectivity index (χ1) is 6.24. The van der Waals surface area contributed by atoms with Crippen LogP contribution in [0.5, 0.6) is 0 Å². The van der Waals surface area contributed by atoms with Gasteiger partial charge >= 0.3 is 5.97 Å². The normalized spacial score (nSPS) is 12.5. The molecular weight excluding hydrogens is 184 g/mol. The van der Waals surface area contributed by atoms with Crippen LogP contribution in [0.1, 0.15) is 46.0 Å². The van der Waals surface area contributed by atoms with Crippen molar-refractivity contribution >= 4 is 18.6 Å². The summed E-state index contributed by atoms with van der Waals surface area (Å²) in [7, 11) is 0. The molecule has 0 aromatic carbocycles. The Labute approximate surface area is 86.5 Å². The summed E-state index contributed by atoms with van der Waals surface area (Å²) in [6, 6.07) is 0. The molecule has 0 aromatic heterocycles. The van der Waals surface area contributed by atoms with Crippen molar-refractivity contribution in [1.29, 1.82) is 0 Å². The molecule has 0 aliphatic heterocycles. The highest BCUT2D eigenvalue weighted by Crippen LogP contribution is 2.09. The van der Waals surface area contributed by atoms with Gasteiger partial charge in [-0.05, 0) is 12.8 Å². The van der Waals surface area contributed by atoms with E-state index in [1.54, 1.807) is 0 Å². The SMILES string of the molecule is CCCCCC(CS)OC(=O)CC. The zero-order valence-electron chi connectivity index (χ0n) is 8.58. The van der Waals surface area contributed by atoms with Gasteiger partial charge in [0, 0.05) is 12.2 Å². The van der Waals surface area contributed by atoms with Crippen molar-refractivity contribution in [2.45, 2.75) is 52.1 Å². The molecule has 13 heavy (non-hydrogen) atoms. The number of thiol groups is 1. The zero-order valence-corrected chi connectivity index (χ0v) is 9.48. The zero-order chi connectivity index (χ0) is 10.1. The molecule has 0 aromatic rings. The lowest BCUT2D eigenvalue weighted by atomic mass is 10.1. The van der Waals surface area contributed by atoms with E-state index in [0.717, 1.165) is 12.8 Å². The molecule has 1 atom stereocenters. The average Bonchev–Trinajstić information content (AvgIpc) is 2.16. The maximum absolute atomic E-state index is 11.0. The monoisotopic (exact) mass is 204 g/mol. The molecule has 0 amide bonds. The molecule has 0 N–H and O–H groups in total. The summed E-state index contributed by atoms with van der Waals surface area (Å²) in [5.41, 5.74) is 0. The van der Waals surface area contributed by atoms with Gasteiger partial charge in [0.05, 0.1) is 0 Å². The average molecular weight is 204 g/mol. The Morgan fingerprint density at radius 3 is 2.54 bits per heavy atom. The summed E-state index contributed by atoms with van der Waals surface area (Å²) in [5.74, 6) is 0.519. The Balaban J connectivity index is 3.56. The standard InChI is InChI=1S/C10H20O2S/c1-3-5-6-7-9(8-13)12-10(11)4-2/h9,13H,3-8H2,1-2H3. The molecule has 0 radical (unpaired) electrons. The van der Waals surface area contributed by atoms with Crippen molar-refractivity contribution in [3.63, 3.8) is 0 Å². The van der Waals surface area contributed by atoms with Gasteiger partial charge in [-0.3, -0.25) is 4.79 Å². The van der Waals surface area contributed by atoms with Crippen LogP contribution in [0.25, 0.3) is 0 Å². The van der Waals surface area contributed by atoms with Gasteiger partial charge in [0.15, 0.2) is 0 Å². The second-order valence-corrected chi connectivity index (χ2v) is 3.51. The molecule has 0 saturated heterocycles. The van der Waals surface area contributed by atoms with Gasteiger partial charge in [-0.2, -0.15) is 12.6 Å². The Kier molecular flexibility index (Phi) is 8.30. The smallest absolute Gasteiger partial charge is 0.305 e. The van der Waals surface area contributed by atoms with Crippen molar-refractivity contribution in [2.75, 3.05) is 5.75 Å². The van der Waals surface area contributed by atoms with Gasteiger partial charge in [-0.15, -0.1) is 0 Å². The molecule has 0 aliphatic carbocycles. The molecule has 0 fully saturated rings.